The molecule has 0 fully saturated rings. The van der Waals surface area contributed by atoms with Crippen molar-refractivity contribution in [1.82, 2.24) is 14.3 Å². The summed E-state index contributed by atoms with van der Waals surface area (Å²) in [5.41, 5.74) is 9.10. The fourth-order valence-electron chi connectivity index (χ4n) is 7.07. The van der Waals surface area contributed by atoms with Gasteiger partial charge in [-0.25, -0.2) is 4.79 Å². The number of benzene rings is 3. The van der Waals surface area contributed by atoms with Gasteiger partial charge in [-0.15, -0.1) is 0 Å². The molecule has 0 aliphatic carbocycles. The number of aromatic carboxylic acids is 1. The summed E-state index contributed by atoms with van der Waals surface area (Å²) in [5.74, 6) is -0.399. The van der Waals surface area contributed by atoms with Crippen molar-refractivity contribution in [2.75, 3.05) is 43.6 Å². The number of carboxylic acids is 1. The first kappa shape index (κ1) is 39.4. The molecule has 0 aliphatic heterocycles. The average Bonchev–Trinajstić information content (AvgIpc) is 3.57. The van der Waals surface area contributed by atoms with Gasteiger partial charge in [-0.2, -0.15) is 5.10 Å². The highest BCUT2D eigenvalue weighted by Gasteiger charge is 2.25. The lowest BCUT2D eigenvalue weighted by molar-refractivity contribution is 0.0696. The monoisotopic (exact) mass is 760 g/mol. The van der Waals surface area contributed by atoms with Gasteiger partial charge in [-0.1, -0.05) is 29.3 Å². The van der Waals surface area contributed by atoms with Crippen LogP contribution >= 0.6 is 23.2 Å². The van der Waals surface area contributed by atoms with Gasteiger partial charge in [0, 0.05) is 84.1 Å². The number of carbonyl (C=O) groups excluding carboxylic acids is 1. The van der Waals surface area contributed by atoms with E-state index in [0.717, 1.165) is 73.4 Å². The first-order chi connectivity index (χ1) is 25.3. The number of aromatic nitrogens is 3. The van der Waals surface area contributed by atoms with Crippen LogP contribution in [0, 0.1) is 33.1 Å². The first-order valence-corrected chi connectivity index (χ1v) is 18.2. The van der Waals surface area contributed by atoms with E-state index >= 15 is 0 Å². The molecule has 280 valence electrons. The molecule has 13 heteroatoms. The number of hydrogen-bond acceptors (Lipinski definition) is 8. The Morgan fingerprint density at radius 1 is 1.08 bits per heavy atom. The average molecular weight is 762 g/mol. The number of nitrogens with zero attached hydrogens (tertiary/aromatic N) is 4. The van der Waals surface area contributed by atoms with Crippen LogP contribution < -0.4 is 15.0 Å². The number of aldehydes is 1. The van der Waals surface area contributed by atoms with Gasteiger partial charge in [0.1, 0.15) is 5.75 Å². The molecule has 0 amide bonds. The number of anilines is 2. The quantitative estimate of drug-likeness (QED) is 0.0424. The van der Waals surface area contributed by atoms with Gasteiger partial charge in [-0.05, 0) is 94.0 Å². The topological polar surface area (TPSA) is 146 Å². The molecule has 0 atom stereocenters. The molecule has 2 aromatic heterocycles. The van der Waals surface area contributed by atoms with E-state index in [1.165, 1.54) is 0 Å². The molecule has 11 nitrogen and oxygen atoms in total. The maximum absolute atomic E-state index is 13.0. The number of aliphatic hydroxyl groups is 1. The van der Waals surface area contributed by atoms with Crippen LogP contribution in [0.5, 0.6) is 5.75 Å². The van der Waals surface area contributed by atoms with E-state index in [4.69, 9.17) is 33.3 Å². The zero-order valence-corrected chi connectivity index (χ0v) is 32.5. The predicted octanol–water partition coefficient (Wildman–Crippen LogP) is 8.03. The smallest absolute Gasteiger partial charge is 0.336 e. The van der Waals surface area contributed by atoms with Crippen LogP contribution in [0.4, 0.5) is 11.4 Å². The summed E-state index contributed by atoms with van der Waals surface area (Å²) in [6, 6.07) is 11.1. The van der Waals surface area contributed by atoms with Gasteiger partial charge < -0.3 is 35.1 Å². The summed E-state index contributed by atoms with van der Waals surface area (Å²) in [6.45, 7) is 9.36. The molecule has 0 aliphatic rings. The van der Waals surface area contributed by atoms with Gasteiger partial charge in [-0.3, -0.25) is 9.48 Å². The highest BCUT2D eigenvalue weighted by atomic mass is 35.5. The molecule has 0 spiro atoms. The normalized spacial score (nSPS) is 11.3. The third-order valence-electron chi connectivity index (χ3n) is 9.73. The number of aliphatic hydroxyl groups excluding tert-OH is 1. The highest BCUT2D eigenvalue weighted by molar-refractivity contribution is 6.35. The summed E-state index contributed by atoms with van der Waals surface area (Å²) in [6.07, 6.45) is 3.78. The Morgan fingerprint density at radius 3 is 2.40 bits per heavy atom. The van der Waals surface area contributed by atoms with Gasteiger partial charge >= 0.3 is 5.97 Å². The van der Waals surface area contributed by atoms with Crippen molar-refractivity contribution in [3.8, 4) is 16.9 Å². The van der Waals surface area contributed by atoms with Crippen molar-refractivity contribution < 1.29 is 24.5 Å². The minimum Gasteiger partial charge on any atom is -0.494 e. The predicted molar refractivity (Wildman–Crippen MR) is 214 cm³/mol. The molecule has 0 saturated heterocycles. The standard InChI is InChI=1S/C40H46Cl2N6O5/c1-23-17-28(18-24(2)38(23)42)53-16-7-9-29-30-10-11-33(41)37(36-25(3)45-47(6)26(36)4)39(30)48(35(29)22-50)14-8-13-46(5)27-19-31(40(51)52)32(21-43)34(20-27)44-12-15-49/h10-11,17-22,43-44,49H,7-9,12-16H2,1-6H3,(H,51,52). The minimum absolute atomic E-state index is 0.0131. The molecule has 2 heterocycles. The largest absolute Gasteiger partial charge is 0.494 e. The molecule has 3 aromatic carbocycles. The van der Waals surface area contributed by atoms with Gasteiger partial charge in [0.05, 0.1) is 40.7 Å². The van der Waals surface area contributed by atoms with Crippen molar-refractivity contribution in [2.24, 2.45) is 7.05 Å². The number of carboxylic acid groups (broad SMARTS) is 1. The highest BCUT2D eigenvalue weighted by Crippen LogP contribution is 2.42. The molecular weight excluding hydrogens is 715 g/mol. The van der Waals surface area contributed by atoms with Crippen LogP contribution in [-0.4, -0.2) is 76.4 Å². The first-order valence-electron chi connectivity index (χ1n) is 17.5. The SMILES string of the molecule is Cc1cc(OCCCc2c(C=O)n(CCCN(C)c3cc(NCCO)c(C=N)c(C(=O)O)c3)c3c(-c4c(C)nn(C)c4C)c(Cl)ccc23)cc(C)c1Cl. The van der Waals surface area contributed by atoms with Gasteiger partial charge in [0.15, 0.2) is 6.29 Å². The minimum atomic E-state index is -1.15. The van der Waals surface area contributed by atoms with E-state index in [0.29, 0.717) is 61.1 Å². The second kappa shape index (κ2) is 16.9. The Hall–Kier alpha value is -4.84. The number of halogens is 2. The molecule has 5 aromatic rings. The summed E-state index contributed by atoms with van der Waals surface area (Å²) in [7, 11) is 3.77. The Bertz CT molecular complexity index is 2170. The summed E-state index contributed by atoms with van der Waals surface area (Å²) >= 11 is 13.4. The molecule has 4 N–H and O–H groups in total. The maximum Gasteiger partial charge on any atom is 0.336 e. The number of carbonyl (C=O) groups is 2. The molecule has 0 radical (unpaired) electrons. The van der Waals surface area contributed by atoms with E-state index in [-0.39, 0.29) is 24.3 Å². The zero-order chi connectivity index (χ0) is 38.6. The number of hydrogen-bond donors (Lipinski definition) is 4. The van der Waals surface area contributed by atoms with Crippen molar-refractivity contribution in [3.05, 3.63) is 91.3 Å². The number of fused-ring (bicyclic) bond motifs is 1. The number of aryl methyl sites for hydroxylation is 6. The van der Waals surface area contributed by atoms with E-state index in [9.17, 15) is 19.8 Å². The Kier molecular flexibility index (Phi) is 12.5. The van der Waals surface area contributed by atoms with Crippen molar-refractivity contribution in [1.29, 1.82) is 5.41 Å². The van der Waals surface area contributed by atoms with Gasteiger partial charge in [0.2, 0.25) is 0 Å². The Labute approximate surface area is 319 Å². The number of rotatable bonds is 17. The Morgan fingerprint density at radius 2 is 1.79 bits per heavy atom. The Balaban J connectivity index is 1.50. The van der Waals surface area contributed by atoms with Crippen molar-refractivity contribution in [2.45, 2.75) is 53.5 Å². The second-order valence-electron chi connectivity index (χ2n) is 13.3. The summed E-state index contributed by atoms with van der Waals surface area (Å²) in [5, 5.41) is 37.0. The zero-order valence-electron chi connectivity index (χ0n) is 30.9. The fourth-order valence-corrected chi connectivity index (χ4v) is 7.42. The lowest BCUT2D eigenvalue weighted by Crippen LogP contribution is -2.22. The molecule has 5 rings (SSSR count). The lowest BCUT2D eigenvalue weighted by Gasteiger charge is -2.23. The van der Waals surface area contributed by atoms with Crippen molar-refractivity contribution >= 4 is 63.9 Å². The molecule has 0 saturated carbocycles. The van der Waals surface area contributed by atoms with E-state index < -0.39 is 5.97 Å². The molecule has 53 heavy (non-hydrogen) atoms. The van der Waals surface area contributed by atoms with Crippen LogP contribution in [0.1, 0.15) is 67.3 Å². The third kappa shape index (κ3) is 8.07. The van der Waals surface area contributed by atoms with Crippen LogP contribution in [0.15, 0.2) is 36.4 Å². The lowest BCUT2D eigenvalue weighted by atomic mass is 9.98. The van der Waals surface area contributed by atoms with Crippen LogP contribution in [0.25, 0.3) is 22.0 Å². The van der Waals surface area contributed by atoms with Crippen molar-refractivity contribution in [3.63, 3.8) is 0 Å². The molecule has 0 bridgehead atoms. The van der Waals surface area contributed by atoms with Crippen LogP contribution in [-0.2, 0) is 20.0 Å². The summed E-state index contributed by atoms with van der Waals surface area (Å²) in [4.78, 5) is 27.1. The number of ether oxygens (including phenoxy) is 1. The number of nitrogens with one attached hydrogen (secondary N) is 2. The van der Waals surface area contributed by atoms with Gasteiger partial charge in [0.25, 0.3) is 0 Å². The second-order valence-corrected chi connectivity index (χ2v) is 14.1. The van der Waals surface area contributed by atoms with E-state index in [1.54, 1.807) is 12.1 Å². The fraction of sp³-hybridized carbons (Fsp3) is 0.350. The van der Waals surface area contributed by atoms with Crippen LogP contribution in [0.2, 0.25) is 10.0 Å². The van der Waals surface area contributed by atoms with E-state index in [1.807, 2.05) is 75.6 Å². The van der Waals surface area contributed by atoms with Crippen LogP contribution in [0.3, 0.4) is 0 Å². The molecule has 0 unspecified atom stereocenters. The van der Waals surface area contributed by atoms with E-state index in [2.05, 4.69) is 15.0 Å². The summed E-state index contributed by atoms with van der Waals surface area (Å²) < 4.78 is 10.0. The maximum atomic E-state index is 13.0. The third-order valence-corrected chi connectivity index (χ3v) is 10.6. The molecular formula is C40H46Cl2N6O5.